The first-order valence-electron chi connectivity index (χ1n) is 15.4. The Labute approximate surface area is 240 Å². The molecule has 5 heteroatoms. The summed E-state index contributed by atoms with van der Waals surface area (Å²) in [6.07, 6.45) is 13.7. The molecule has 1 unspecified atom stereocenters. The number of carbonyl (C=O) groups excluding carboxylic acids is 1. The molecule has 0 radical (unpaired) electrons. The second kappa shape index (κ2) is 19.1. The molecule has 0 spiro atoms. The minimum absolute atomic E-state index is 0.0785. The summed E-state index contributed by atoms with van der Waals surface area (Å²) in [6, 6.07) is 8.15. The molecule has 0 aliphatic heterocycles. The van der Waals surface area contributed by atoms with Crippen molar-refractivity contribution in [2.45, 2.75) is 119 Å². The van der Waals surface area contributed by atoms with E-state index >= 15 is 0 Å². The third-order valence-corrected chi connectivity index (χ3v) is 8.18. The van der Waals surface area contributed by atoms with Crippen LogP contribution in [0.5, 0.6) is 17.2 Å². The molecule has 0 aromatic heterocycles. The van der Waals surface area contributed by atoms with E-state index in [0.717, 1.165) is 71.3 Å². The minimum Gasteiger partial charge on any atom is -0.493 e. The lowest BCUT2D eigenvalue weighted by atomic mass is 10.0. The first-order valence-corrected chi connectivity index (χ1v) is 16.4. The summed E-state index contributed by atoms with van der Waals surface area (Å²) < 4.78 is 18.9. The maximum atomic E-state index is 13.7. The van der Waals surface area contributed by atoms with Gasteiger partial charge in [-0.25, -0.2) is 0 Å². The number of benzene rings is 2. The van der Waals surface area contributed by atoms with Crippen molar-refractivity contribution in [1.82, 2.24) is 0 Å². The minimum atomic E-state index is -0.0785. The van der Waals surface area contributed by atoms with E-state index in [-0.39, 0.29) is 14.1 Å². The summed E-state index contributed by atoms with van der Waals surface area (Å²) in [5, 5.41) is 0.865. The van der Waals surface area contributed by atoms with Crippen LogP contribution in [0.2, 0.25) is 0 Å². The number of ether oxygens (including phenoxy) is 3. The van der Waals surface area contributed by atoms with Crippen LogP contribution in [0.15, 0.2) is 24.3 Å². The molecule has 4 nitrogen and oxygen atoms in total. The molecule has 0 fully saturated rings. The fourth-order valence-electron chi connectivity index (χ4n) is 4.86. The highest BCUT2D eigenvalue weighted by Gasteiger charge is 2.21. The van der Waals surface area contributed by atoms with E-state index in [1.165, 1.54) is 50.5 Å². The van der Waals surface area contributed by atoms with Gasteiger partial charge in [0, 0.05) is 17.7 Å². The topological polar surface area (TPSA) is 44.8 Å². The lowest BCUT2D eigenvalue weighted by Gasteiger charge is -2.19. The quantitative estimate of drug-likeness (QED) is 0.113. The van der Waals surface area contributed by atoms with Crippen LogP contribution in [0.1, 0.15) is 125 Å². The van der Waals surface area contributed by atoms with Gasteiger partial charge in [-0.1, -0.05) is 96.3 Å². The van der Waals surface area contributed by atoms with Crippen molar-refractivity contribution in [2.24, 2.45) is 0 Å². The lowest BCUT2D eigenvalue weighted by molar-refractivity contribution is 0.108. The van der Waals surface area contributed by atoms with E-state index in [4.69, 9.17) is 14.2 Å². The molecule has 0 saturated carbocycles. The summed E-state index contributed by atoms with van der Waals surface area (Å²) in [5.74, 6) is 2.23. The van der Waals surface area contributed by atoms with Crippen LogP contribution in [0.3, 0.4) is 0 Å². The number of carbonyl (C=O) groups is 1. The van der Waals surface area contributed by atoms with E-state index < -0.39 is 0 Å². The average molecular weight is 557 g/mol. The molecule has 0 amide bonds. The molecule has 0 N–H and O–H groups in total. The molecule has 2 rings (SSSR count). The third-order valence-electron chi connectivity index (χ3n) is 6.96. The van der Waals surface area contributed by atoms with E-state index in [2.05, 4.69) is 39.8 Å². The average Bonchev–Trinajstić information content (AvgIpc) is 2.89. The van der Waals surface area contributed by atoms with Crippen molar-refractivity contribution < 1.29 is 19.0 Å². The van der Waals surface area contributed by atoms with Crippen molar-refractivity contribution in [3.63, 3.8) is 0 Å². The van der Waals surface area contributed by atoms with Gasteiger partial charge < -0.3 is 14.2 Å². The molecular weight excluding hydrogens is 503 g/mol. The van der Waals surface area contributed by atoms with Gasteiger partial charge in [-0.3, -0.25) is 4.79 Å². The predicted molar refractivity (Wildman–Crippen MR) is 168 cm³/mol. The smallest absolute Gasteiger partial charge is 0.186 e. The second-order valence-corrected chi connectivity index (χ2v) is 12.0. The van der Waals surface area contributed by atoms with Gasteiger partial charge in [-0.15, -0.1) is 0 Å². The Morgan fingerprint density at radius 2 is 1.05 bits per heavy atom. The first-order chi connectivity index (χ1) is 18.9. The zero-order chi connectivity index (χ0) is 28.5. The van der Waals surface area contributed by atoms with Crippen LogP contribution in [0.4, 0.5) is 0 Å². The number of hydrogen-bond donors (Lipinski definition) is 0. The van der Waals surface area contributed by atoms with Crippen LogP contribution in [0.25, 0.3) is 0 Å². The van der Waals surface area contributed by atoms with Crippen LogP contribution in [-0.4, -0.2) is 25.3 Å². The summed E-state index contributed by atoms with van der Waals surface area (Å²) in [7, 11) is -0.0785. The zero-order valence-corrected chi connectivity index (χ0v) is 26.5. The highest BCUT2D eigenvalue weighted by molar-refractivity contribution is 7.66. The van der Waals surface area contributed by atoms with E-state index in [0.29, 0.717) is 19.8 Å². The molecule has 2 aromatic carbocycles. The predicted octanol–water partition coefficient (Wildman–Crippen LogP) is 9.63. The molecule has 39 heavy (non-hydrogen) atoms. The number of hydrogen-bond acceptors (Lipinski definition) is 4. The molecule has 2 aromatic rings. The van der Waals surface area contributed by atoms with Gasteiger partial charge in [0.25, 0.3) is 0 Å². The van der Waals surface area contributed by atoms with Gasteiger partial charge in [0.2, 0.25) is 0 Å². The maximum Gasteiger partial charge on any atom is 0.186 e. The molecule has 1 atom stereocenters. The maximum absolute atomic E-state index is 13.7. The summed E-state index contributed by atoms with van der Waals surface area (Å²) in [6.45, 7) is 14.7. The number of unbranched alkanes of at least 4 members (excludes halogenated alkanes) is 9. The normalized spacial score (nSPS) is 11.3. The summed E-state index contributed by atoms with van der Waals surface area (Å²) >= 11 is 0. The lowest BCUT2D eigenvalue weighted by Crippen LogP contribution is -2.15. The van der Waals surface area contributed by atoms with Gasteiger partial charge in [0.05, 0.1) is 25.1 Å². The van der Waals surface area contributed by atoms with Gasteiger partial charge in [0.1, 0.15) is 17.2 Å². The molecule has 0 aliphatic rings. The summed E-state index contributed by atoms with van der Waals surface area (Å²) in [5.41, 5.74) is 4.18. The standard InChI is InChI=1S/C34H53O4P/c1-7-10-13-16-19-36-29-24-30(37-20-17-14-11-8-2)33(31(25-29)38-21-18-15-12-9-3)39-34(35)32-27(5)22-26(4)23-28(32)6/h22-25,39H,7-21H2,1-6H3. The number of rotatable bonds is 21. The molecule has 0 bridgehead atoms. The van der Waals surface area contributed by atoms with Crippen LogP contribution >= 0.6 is 8.58 Å². The van der Waals surface area contributed by atoms with Gasteiger partial charge >= 0.3 is 0 Å². The highest BCUT2D eigenvalue weighted by Crippen LogP contribution is 2.36. The Hall–Kier alpha value is -2.06. The van der Waals surface area contributed by atoms with E-state index in [1.54, 1.807) is 0 Å². The van der Waals surface area contributed by atoms with Gasteiger partial charge in [-0.2, -0.15) is 0 Å². The molecule has 0 heterocycles. The Morgan fingerprint density at radius 3 is 1.49 bits per heavy atom. The van der Waals surface area contributed by atoms with Crippen molar-refractivity contribution in [1.29, 1.82) is 0 Å². The van der Waals surface area contributed by atoms with E-state index in [1.807, 2.05) is 26.0 Å². The summed E-state index contributed by atoms with van der Waals surface area (Å²) in [4.78, 5) is 13.7. The Kier molecular flexibility index (Phi) is 16.2. The third kappa shape index (κ3) is 11.9. The highest BCUT2D eigenvalue weighted by atomic mass is 31.1. The Balaban J connectivity index is 2.36. The van der Waals surface area contributed by atoms with Crippen LogP contribution in [0, 0.1) is 20.8 Å². The fourth-order valence-corrected chi connectivity index (χ4v) is 6.14. The van der Waals surface area contributed by atoms with Crippen molar-refractivity contribution in [3.05, 3.63) is 46.5 Å². The SMILES string of the molecule is CCCCCCOc1cc(OCCCCCC)c(PC(=O)c2c(C)cc(C)cc2C)c(OCCCCCC)c1. The molecular formula is C34H53O4P. The van der Waals surface area contributed by atoms with Crippen molar-refractivity contribution >= 4 is 19.4 Å². The Bertz CT molecular complexity index is 943. The van der Waals surface area contributed by atoms with Crippen LogP contribution in [-0.2, 0) is 0 Å². The first kappa shape index (κ1) is 33.1. The molecule has 0 saturated heterocycles. The molecule has 0 aliphatic carbocycles. The number of aryl methyl sites for hydroxylation is 3. The van der Waals surface area contributed by atoms with Crippen LogP contribution < -0.4 is 19.5 Å². The van der Waals surface area contributed by atoms with Crippen molar-refractivity contribution in [2.75, 3.05) is 19.8 Å². The Morgan fingerprint density at radius 1 is 0.615 bits per heavy atom. The second-order valence-electron chi connectivity index (χ2n) is 10.7. The largest absolute Gasteiger partial charge is 0.493 e. The van der Waals surface area contributed by atoms with Crippen molar-refractivity contribution in [3.8, 4) is 17.2 Å². The molecule has 218 valence electrons. The van der Waals surface area contributed by atoms with E-state index in [9.17, 15) is 4.79 Å². The van der Waals surface area contributed by atoms with Gasteiger partial charge in [0.15, 0.2) is 5.52 Å². The zero-order valence-electron chi connectivity index (χ0n) is 25.5. The fraction of sp³-hybridized carbons (Fsp3) is 0.618. The monoisotopic (exact) mass is 556 g/mol. The van der Waals surface area contributed by atoms with Gasteiger partial charge in [-0.05, 0) is 59.7 Å².